The number of amides is 1. The lowest BCUT2D eigenvalue weighted by Gasteiger charge is -2.06. The maximum Gasteiger partial charge on any atom is 0.345 e. The fourth-order valence-corrected chi connectivity index (χ4v) is 1.61. The highest BCUT2D eigenvalue weighted by atomic mass is 16.5. The van der Waals surface area contributed by atoms with Crippen LogP contribution < -0.4 is 21.7 Å². The van der Waals surface area contributed by atoms with E-state index in [1.54, 1.807) is 31.3 Å². The van der Waals surface area contributed by atoms with Crippen LogP contribution >= 0.6 is 0 Å². The number of hydrogen-bond acceptors (Lipinski definition) is 5. The average molecular weight is 277 g/mol. The molecule has 3 N–H and O–H groups in total. The van der Waals surface area contributed by atoms with Gasteiger partial charge in [0.05, 0.1) is 6.54 Å². The summed E-state index contributed by atoms with van der Waals surface area (Å²) < 4.78 is 8.18. The maximum atomic E-state index is 11.5. The predicted octanol–water partition coefficient (Wildman–Crippen LogP) is -0.736. The summed E-state index contributed by atoms with van der Waals surface area (Å²) in [5.74, 6) is 5.27. The van der Waals surface area contributed by atoms with Gasteiger partial charge < -0.3 is 4.74 Å². The highest BCUT2D eigenvalue weighted by molar-refractivity contribution is 5.93. The number of hydrogen-bond donors (Lipinski definition) is 2. The van der Waals surface area contributed by atoms with Gasteiger partial charge in [-0.3, -0.25) is 14.8 Å². The molecule has 0 aliphatic heterocycles. The van der Waals surface area contributed by atoms with Gasteiger partial charge in [0, 0.05) is 12.6 Å². The molecule has 0 atom stereocenters. The fraction of sp³-hybridized carbons (Fsp3) is 0.250. The zero-order valence-corrected chi connectivity index (χ0v) is 10.9. The van der Waals surface area contributed by atoms with Crippen molar-refractivity contribution in [2.45, 2.75) is 6.54 Å². The van der Waals surface area contributed by atoms with Crippen molar-refractivity contribution < 1.29 is 9.53 Å². The summed E-state index contributed by atoms with van der Waals surface area (Å²) in [7, 11) is 1.63. The highest BCUT2D eigenvalue weighted by Gasteiger charge is 2.04. The van der Waals surface area contributed by atoms with Crippen molar-refractivity contribution in [2.24, 2.45) is 12.9 Å². The third kappa shape index (κ3) is 3.04. The number of nitrogens with zero attached hydrogens (tertiary/aromatic N) is 3. The molecule has 8 nitrogen and oxygen atoms in total. The quantitative estimate of drug-likeness (QED) is 0.426. The van der Waals surface area contributed by atoms with Gasteiger partial charge in [0.1, 0.15) is 18.7 Å². The minimum Gasteiger partial charge on any atom is -0.492 e. The molecule has 106 valence electrons. The van der Waals surface area contributed by atoms with Crippen LogP contribution in [-0.2, 0) is 13.6 Å². The molecule has 0 saturated carbocycles. The van der Waals surface area contributed by atoms with E-state index in [0.29, 0.717) is 24.5 Å². The van der Waals surface area contributed by atoms with Crippen LogP contribution in [0.5, 0.6) is 5.75 Å². The Balaban J connectivity index is 1.90. The Morgan fingerprint density at radius 2 is 2.10 bits per heavy atom. The molecule has 1 heterocycles. The molecule has 20 heavy (non-hydrogen) atoms. The van der Waals surface area contributed by atoms with E-state index in [9.17, 15) is 9.59 Å². The summed E-state index contributed by atoms with van der Waals surface area (Å²) in [6.45, 7) is 0.657. The van der Waals surface area contributed by atoms with Crippen LogP contribution in [-0.4, -0.2) is 26.9 Å². The molecule has 0 saturated heterocycles. The number of rotatable bonds is 5. The van der Waals surface area contributed by atoms with Crippen LogP contribution in [0.4, 0.5) is 0 Å². The zero-order valence-electron chi connectivity index (χ0n) is 10.9. The summed E-state index contributed by atoms with van der Waals surface area (Å²) in [5.41, 5.74) is 2.30. The lowest BCUT2D eigenvalue weighted by Crippen LogP contribution is -2.29. The molecule has 0 fully saturated rings. The first-order chi connectivity index (χ1) is 9.61. The summed E-state index contributed by atoms with van der Waals surface area (Å²) in [5, 5.41) is 3.92. The van der Waals surface area contributed by atoms with Crippen molar-refractivity contribution in [2.75, 3.05) is 6.61 Å². The Morgan fingerprint density at radius 3 is 2.65 bits per heavy atom. The van der Waals surface area contributed by atoms with Gasteiger partial charge >= 0.3 is 5.69 Å². The van der Waals surface area contributed by atoms with E-state index in [2.05, 4.69) is 5.10 Å². The number of carbonyl (C=O) groups is 1. The number of aryl methyl sites for hydroxylation is 1. The van der Waals surface area contributed by atoms with E-state index in [1.165, 1.54) is 15.6 Å². The Labute approximate surface area is 114 Å². The molecule has 1 aromatic heterocycles. The minimum absolute atomic E-state index is 0.191. The number of aromatic nitrogens is 3. The number of ether oxygens (including phenoxy) is 1. The number of hydrazine groups is 1. The van der Waals surface area contributed by atoms with Crippen LogP contribution in [0, 0.1) is 0 Å². The lowest BCUT2D eigenvalue weighted by atomic mass is 10.2. The molecule has 0 bridgehead atoms. The minimum atomic E-state index is -0.364. The zero-order chi connectivity index (χ0) is 14.5. The van der Waals surface area contributed by atoms with E-state index >= 15 is 0 Å². The number of carbonyl (C=O) groups excluding carboxylic acids is 1. The van der Waals surface area contributed by atoms with Crippen molar-refractivity contribution in [3.05, 3.63) is 46.6 Å². The molecule has 1 aromatic carbocycles. The Kier molecular flexibility index (Phi) is 4.16. The topological polar surface area (TPSA) is 104 Å². The first-order valence-corrected chi connectivity index (χ1v) is 5.94. The average Bonchev–Trinajstić information content (AvgIpc) is 2.79. The summed E-state index contributed by atoms with van der Waals surface area (Å²) in [4.78, 5) is 22.8. The van der Waals surface area contributed by atoms with E-state index in [1.807, 2.05) is 5.43 Å². The Bertz CT molecular complexity index is 644. The first kappa shape index (κ1) is 13.8. The fourth-order valence-electron chi connectivity index (χ4n) is 1.61. The molecule has 8 heteroatoms. The number of nitrogens with two attached hydrogens (primary N) is 1. The van der Waals surface area contributed by atoms with Crippen molar-refractivity contribution in [1.82, 2.24) is 19.8 Å². The van der Waals surface area contributed by atoms with Gasteiger partial charge in [-0.05, 0) is 24.3 Å². The second kappa shape index (κ2) is 6.02. The van der Waals surface area contributed by atoms with Crippen molar-refractivity contribution in [3.8, 4) is 5.75 Å². The van der Waals surface area contributed by atoms with Crippen LogP contribution in [0.2, 0.25) is 0 Å². The number of nitrogen functional groups attached to an aromatic ring is 1. The van der Waals surface area contributed by atoms with Gasteiger partial charge in [-0.15, -0.1) is 0 Å². The SMILES string of the molecule is Cn1cnn(CCOc2ccc(C(=O)NN)cc2)c1=O. The standard InChI is InChI=1S/C12H15N5O3/c1-16-8-14-17(12(16)19)6-7-20-10-4-2-9(3-5-10)11(18)15-13/h2-5,8H,6-7,13H2,1H3,(H,15,18). The van der Waals surface area contributed by atoms with Crippen LogP contribution in [0.3, 0.4) is 0 Å². The summed E-state index contributed by atoms with van der Waals surface area (Å²) in [6.07, 6.45) is 1.45. The second-order valence-corrected chi connectivity index (χ2v) is 4.09. The first-order valence-electron chi connectivity index (χ1n) is 5.94. The van der Waals surface area contributed by atoms with Crippen molar-refractivity contribution in [3.63, 3.8) is 0 Å². The largest absolute Gasteiger partial charge is 0.492 e. The summed E-state index contributed by atoms with van der Waals surface area (Å²) in [6, 6.07) is 6.52. The van der Waals surface area contributed by atoms with Gasteiger partial charge in [0.25, 0.3) is 5.91 Å². The van der Waals surface area contributed by atoms with Crippen LogP contribution in [0.25, 0.3) is 0 Å². The van der Waals surface area contributed by atoms with E-state index in [0.717, 1.165) is 0 Å². The van der Waals surface area contributed by atoms with Crippen LogP contribution in [0.1, 0.15) is 10.4 Å². The van der Waals surface area contributed by atoms with Gasteiger partial charge in [-0.2, -0.15) is 5.10 Å². The molecule has 0 spiro atoms. The van der Waals surface area contributed by atoms with Gasteiger partial charge in [-0.25, -0.2) is 15.3 Å². The van der Waals surface area contributed by atoms with Crippen LogP contribution in [0.15, 0.2) is 35.4 Å². The normalized spacial score (nSPS) is 10.3. The second-order valence-electron chi connectivity index (χ2n) is 4.09. The van der Waals surface area contributed by atoms with Gasteiger partial charge in [-0.1, -0.05) is 0 Å². The third-order valence-electron chi connectivity index (χ3n) is 2.71. The van der Waals surface area contributed by atoms with E-state index in [4.69, 9.17) is 10.6 Å². The smallest absolute Gasteiger partial charge is 0.345 e. The molecule has 0 aliphatic carbocycles. The number of nitrogens with one attached hydrogen (secondary N) is 1. The maximum absolute atomic E-state index is 11.5. The highest BCUT2D eigenvalue weighted by Crippen LogP contribution is 2.11. The number of benzene rings is 1. The summed E-state index contributed by atoms with van der Waals surface area (Å²) >= 11 is 0. The lowest BCUT2D eigenvalue weighted by molar-refractivity contribution is 0.0953. The van der Waals surface area contributed by atoms with Crippen molar-refractivity contribution in [1.29, 1.82) is 0 Å². The third-order valence-corrected chi connectivity index (χ3v) is 2.71. The van der Waals surface area contributed by atoms with Gasteiger partial charge in [0.2, 0.25) is 0 Å². The van der Waals surface area contributed by atoms with Gasteiger partial charge in [0.15, 0.2) is 0 Å². The molecule has 2 rings (SSSR count). The molecule has 0 aliphatic rings. The molecular formula is C12H15N5O3. The molecule has 2 aromatic rings. The van der Waals surface area contributed by atoms with Crippen molar-refractivity contribution >= 4 is 5.91 Å². The van der Waals surface area contributed by atoms with E-state index < -0.39 is 0 Å². The monoisotopic (exact) mass is 277 g/mol. The Hall–Kier alpha value is -2.61. The predicted molar refractivity (Wildman–Crippen MR) is 71.1 cm³/mol. The Morgan fingerprint density at radius 1 is 1.40 bits per heavy atom. The molecular weight excluding hydrogens is 262 g/mol. The molecule has 0 radical (unpaired) electrons. The molecule has 1 amide bonds. The van der Waals surface area contributed by atoms with E-state index in [-0.39, 0.29) is 11.6 Å². The molecule has 0 unspecified atom stereocenters.